The maximum Gasteiger partial charge on any atom is 0.318 e. The standard InChI is InChI=1S/CHClN2O2S/c2-4-7(5,6)1-3/h4H. The number of rotatable bonds is 1. The zero-order valence-electron chi connectivity index (χ0n) is 3.05. The van der Waals surface area contributed by atoms with Crippen molar-refractivity contribution in [2.45, 2.75) is 0 Å². The van der Waals surface area contributed by atoms with Crippen molar-refractivity contribution in [2.24, 2.45) is 0 Å². The molecule has 6 heteroatoms. The molecule has 4 nitrogen and oxygen atoms in total. The Morgan fingerprint density at radius 3 is 2.14 bits per heavy atom. The van der Waals surface area contributed by atoms with Crippen LogP contribution in [0.1, 0.15) is 0 Å². The summed E-state index contributed by atoms with van der Waals surface area (Å²) in [5.74, 6) is 0. The Labute approximate surface area is 45.9 Å². The monoisotopic (exact) mass is 140 g/mol. The Morgan fingerprint density at radius 1 is 1.71 bits per heavy atom. The number of halogens is 1. The van der Waals surface area contributed by atoms with Crippen LogP contribution in [0.5, 0.6) is 0 Å². The molecule has 7 heavy (non-hydrogen) atoms. The summed E-state index contributed by atoms with van der Waals surface area (Å²) in [5, 5.41) is 8.53. The molecule has 0 unspecified atom stereocenters. The van der Waals surface area contributed by atoms with Crippen molar-refractivity contribution in [1.29, 1.82) is 5.26 Å². The molecule has 0 fully saturated rings. The first-order valence-electron chi connectivity index (χ1n) is 1.15. The van der Waals surface area contributed by atoms with E-state index in [-0.39, 0.29) is 0 Å². The predicted molar refractivity (Wildman–Crippen MR) is 23.5 cm³/mol. The third-order valence-electron chi connectivity index (χ3n) is 0.222. The normalized spacial score (nSPS) is 10.3. The van der Waals surface area contributed by atoms with Crippen molar-refractivity contribution in [1.82, 2.24) is 4.24 Å². The maximum absolute atomic E-state index is 9.76. The quantitative estimate of drug-likeness (QED) is 0.304. The van der Waals surface area contributed by atoms with Gasteiger partial charge in [0.2, 0.25) is 5.40 Å². The molecule has 0 spiro atoms. The van der Waals surface area contributed by atoms with Crippen LogP contribution in [0.2, 0.25) is 0 Å². The summed E-state index contributed by atoms with van der Waals surface area (Å²) in [4.78, 5) is 0. The van der Waals surface area contributed by atoms with Gasteiger partial charge in [-0.05, 0) is 11.8 Å². The zero-order valence-corrected chi connectivity index (χ0v) is 4.62. The lowest BCUT2D eigenvalue weighted by molar-refractivity contribution is 0.603. The highest BCUT2D eigenvalue weighted by Gasteiger charge is 2.00. The predicted octanol–water partition coefficient (Wildman–Crippen LogP) is -0.459. The van der Waals surface area contributed by atoms with Gasteiger partial charge in [-0.25, -0.2) is 0 Å². The summed E-state index contributed by atoms with van der Waals surface area (Å²) >= 11 is 4.53. The van der Waals surface area contributed by atoms with Crippen LogP contribution in [0, 0.1) is 10.7 Å². The SMILES string of the molecule is N#CS(=O)(=O)NCl. The second-order valence-corrected chi connectivity index (χ2v) is 2.48. The summed E-state index contributed by atoms with van der Waals surface area (Å²) in [5.41, 5.74) is 0. The molecule has 1 N–H and O–H groups in total. The van der Waals surface area contributed by atoms with Crippen LogP contribution in [-0.2, 0) is 10.0 Å². The van der Waals surface area contributed by atoms with Gasteiger partial charge in [0.05, 0.1) is 0 Å². The maximum atomic E-state index is 9.76. The van der Waals surface area contributed by atoms with E-state index in [1.54, 1.807) is 0 Å². The van der Waals surface area contributed by atoms with Gasteiger partial charge < -0.3 is 0 Å². The molecule has 0 aliphatic rings. The minimum absolute atomic E-state index is 0.920. The van der Waals surface area contributed by atoms with Gasteiger partial charge in [0, 0.05) is 0 Å². The first kappa shape index (κ1) is 6.69. The Kier molecular flexibility index (Phi) is 2.02. The van der Waals surface area contributed by atoms with Gasteiger partial charge in [-0.2, -0.15) is 13.7 Å². The molecule has 0 heterocycles. The fourth-order valence-electron chi connectivity index (χ4n) is 0.0173. The van der Waals surface area contributed by atoms with Gasteiger partial charge >= 0.3 is 10.0 Å². The third kappa shape index (κ3) is 2.39. The number of nitrogens with zero attached hydrogens (tertiary/aromatic N) is 1. The lowest BCUT2D eigenvalue weighted by Gasteiger charge is -1.78. The lowest BCUT2D eigenvalue weighted by Crippen LogP contribution is -2.08. The van der Waals surface area contributed by atoms with Crippen molar-refractivity contribution in [2.75, 3.05) is 0 Å². The Balaban J connectivity index is 4.28. The van der Waals surface area contributed by atoms with Gasteiger partial charge in [-0.3, -0.25) is 0 Å². The van der Waals surface area contributed by atoms with E-state index in [4.69, 9.17) is 5.26 Å². The van der Waals surface area contributed by atoms with Crippen LogP contribution in [0.15, 0.2) is 0 Å². The smallest absolute Gasteiger partial charge is 0.195 e. The molecule has 0 aromatic rings. The average Bonchev–Trinajstić information content (AvgIpc) is 1.68. The number of nitriles is 1. The largest absolute Gasteiger partial charge is 0.318 e. The van der Waals surface area contributed by atoms with Crippen molar-refractivity contribution >= 4 is 21.8 Å². The Morgan fingerprint density at radius 2 is 2.14 bits per heavy atom. The summed E-state index contributed by atoms with van der Waals surface area (Å²) in [6.07, 6.45) is 0. The van der Waals surface area contributed by atoms with Crippen molar-refractivity contribution in [3.8, 4) is 5.40 Å². The molecule has 0 amide bonds. The second-order valence-electron chi connectivity index (χ2n) is 0.672. The van der Waals surface area contributed by atoms with Crippen molar-refractivity contribution < 1.29 is 8.42 Å². The van der Waals surface area contributed by atoms with Crippen LogP contribution < -0.4 is 4.24 Å². The molecule has 0 aromatic heterocycles. The first-order chi connectivity index (χ1) is 3.12. The van der Waals surface area contributed by atoms with Gasteiger partial charge in [0.25, 0.3) is 0 Å². The van der Waals surface area contributed by atoms with Crippen LogP contribution in [0.3, 0.4) is 0 Å². The van der Waals surface area contributed by atoms with E-state index < -0.39 is 10.0 Å². The molecule has 0 aliphatic carbocycles. The number of nitrogens with one attached hydrogen (secondary N) is 1. The molecule has 0 saturated heterocycles. The molecule has 0 saturated carbocycles. The first-order valence-corrected chi connectivity index (χ1v) is 3.02. The fourth-order valence-corrected chi connectivity index (χ4v) is 0.155. The number of sulfonamides is 1. The molecule has 0 radical (unpaired) electrons. The van der Waals surface area contributed by atoms with Gasteiger partial charge in [0.1, 0.15) is 0 Å². The zero-order chi connectivity index (χ0) is 5.91. The van der Waals surface area contributed by atoms with Gasteiger partial charge in [-0.15, -0.1) is 4.24 Å². The molecule has 0 aromatic carbocycles. The topological polar surface area (TPSA) is 70.0 Å². The van der Waals surface area contributed by atoms with E-state index in [0.29, 0.717) is 0 Å². The average molecular weight is 141 g/mol. The van der Waals surface area contributed by atoms with Gasteiger partial charge in [-0.1, -0.05) is 0 Å². The van der Waals surface area contributed by atoms with E-state index in [9.17, 15) is 8.42 Å². The van der Waals surface area contributed by atoms with Crippen molar-refractivity contribution in [3.63, 3.8) is 0 Å². The Bertz CT molecular complexity index is 176. The highest BCUT2D eigenvalue weighted by Crippen LogP contribution is 1.76. The summed E-state index contributed by atoms with van der Waals surface area (Å²) < 4.78 is 20.8. The van der Waals surface area contributed by atoms with E-state index in [0.717, 1.165) is 5.40 Å². The van der Waals surface area contributed by atoms with E-state index >= 15 is 0 Å². The Hall–Kier alpha value is -0.310. The summed E-state index contributed by atoms with van der Waals surface area (Å²) in [6, 6.07) is 0. The van der Waals surface area contributed by atoms with E-state index in [2.05, 4.69) is 11.8 Å². The highest BCUT2D eigenvalue weighted by atomic mass is 35.5. The molecule has 0 bridgehead atoms. The number of hydrogen-bond acceptors (Lipinski definition) is 3. The molecule has 0 aliphatic heterocycles. The molecule has 0 rings (SSSR count). The fraction of sp³-hybridized carbons (Fsp3) is 0. The van der Waals surface area contributed by atoms with E-state index in [1.807, 2.05) is 0 Å². The summed E-state index contributed by atoms with van der Waals surface area (Å²) in [6.45, 7) is 0. The van der Waals surface area contributed by atoms with Crippen LogP contribution in [-0.4, -0.2) is 8.42 Å². The minimum atomic E-state index is -3.84. The number of thiocyanates is 1. The number of hydrogen-bond donors (Lipinski definition) is 1. The lowest BCUT2D eigenvalue weighted by atomic mass is 11.8. The molecular weight excluding hydrogens is 140 g/mol. The van der Waals surface area contributed by atoms with Crippen LogP contribution in [0.4, 0.5) is 0 Å². The molecule has 0 atom stereocenters. The van der Waals surface area contributed by atoms with Crippen LogP contribution in [0.25, 0.3) is 0 Å². The molecule has 40 valence electrons. The summed E-state index contributed by atoms with van der Waals surface area (Å²) in [7, 11) is -3.84. The second kappa shape index (κ2) is 2.12. The minimum Gasteiger partial charge on any atom is -0.195 e. The molecular formula is CHClN2O2S. The highest BCUT2D eigenvalue weighted by molar-refractivity contribution is 7.94. The van der Waals surface area contributed by atoms with Crippen LogP contribution >= 0.6 is 11.8 Å². The van der Waals surface area contributed by atoms with E-state index in [1.165, 1.54) is 4.24 Å². The van der Waals surface area contributed by atoms with Gasteiger partial charge in [0.15, 0.2) is 0 Å². The third-order valence-corrected chi connectivity index (χ3v) is 1.27. The van der Waals surface area contributed by atoms with Crippen molar-refractivity contribution in [3.05, 3.63) is 0 Å².